The van der Waals surface area contributed by atoms with Crippen molar-refractivity contribution >= 4 is 22.5 Å². The second-order valence-electron chi connectivity index (χ2n) is 7.02. The minimum Gasteiger partial charge on any atom is -0.355 e. The number of nitrogens with zero attached hydrogens (tertiary/aromatic N) is 4. The zero-order valence-corrected chi connectivity index (χ0v) is 16.7. The maximum Gasteiger partial charge on any atom is 0.277 e. The van der Waals surface area contributed by atoms with Crippen molar-refractivity contribution in [1.82, 2.24) is 19.5 Å². The Hall–Kier alpha value is -3.35. The van der Waals surface area contributed by atoms with E-state index in [9.17, 15) is 4.79 Å². The van der Waals surface area contributed by atoms with E-state index in [0.717, 1.165) is 28.9 Å². The van der Waals surface area contributed by atoms with Gasteiger partial charge in [-0.15, -0.1) is 0 Å². The van der Waals surface area contributed by atoms with Gasteiger partial charge >= 0.3 is 0 Å². The summed E-state index contributed by atoms with van der Waals surface area (Å²) in [5, 5.41) is 12.3. The van der Waals surface area contributed by atoms with Crippen LogP contribution in [0.5, 0.6) is 0 Å². The van der Waals surface area contributed by atoms with Crippen molar-refractivity contribution in [2.24, 2.45) is 7.05 Å². The first kappa shape index (κ1) is 18.0. The number of amides is 1. The molecule has 1 amide bonds. The largest absolute Gasteiger partial charge is 0.355 e. The van der Waals surface area contributed by atoms with Crippen LogP contribution in [0.25, 0.3) is 22.2 Å². The summed E-state index contributed by atoms with van der Waals surface area (Å²) in [5.41, 5.74) is 6.25. The summed E-state index contributed by atoms with van der Waals surface area (Å²) in [5.74, 6) is 0.220. The monoisotopic (exact) mass is 377 g/mol. The van der Waals surface area contributed by atoms with E-state index in [2.05, 4.69) is 40.9 Å². The van der Waals surface area contributed by atoms with Crippen molar-refractivity contribution in [1.29, 1.82) is 0 Å². The number of hydrogen-bond acceptors (Lipinski definition) is 4. The van der Waals surface area contributed by atoms with Crippen LogP contribution in [-0.4, -0.2) is 25.4 Å². The van der Waals surface area contributed by atoms with Crippen LogP contribution < -0.4 is 5.32 Å². The van der Waals surface area contributed by atoms with Crippen LogP contribution in [0.4, 0.5) is 5.69 Å². The fourth-order valence-corrected chi connectivity index (χ4v) is 3.68. The minimum absolute atomic E-state index is 0.234. The fraction of sp³-hybridized carbons (Fsp3) is 0.286. The van der Waals surface area contributed by atoms with E-state index in [0.29, 0.717) is 5.76 Å². The Morgan fingerprint density at radius 2 is 2.00 bits per heavy atom. The molecule has 0 aliphatic heterocycles. The van der Waals surface area contributed by atoms with E-state index >= 15 is 0 Å². The van der Waals surface area contributed by atoms with Crippen molar-refractivity contribution in [2.75, 3.05) is 5.32 Å². The summed E-state index contributed by atoms with van der Waals surface area (Å²) in [4.78, 5) is 12.6. The Morgan fingerprint density at radius 3 is 2.68 bits per heavy atom. The van der Waals surface area contributed by atoms with E-state index in [-0.39, 0.29) is 11.6 Å². The Kier molecular flexibility index (Phi) is 4.30. The fourth-order valence-electron chi connectivity index (χ4n) is 3.68. The number of benzene rings is 1. The number of hydrogen-bond donors (Lipinski definition) is 1. The molecule has 7 heteroatoms. The Labute approximate surface area is 162 Å². The number of aryl methyl sites for hydroxylation is 4. The second-order valence-corrected chi connectivity index (χ2v) is 7.02. The molecular formula is C21H23N5O2. The van der Waals surface area contributed by atoms with Crippen LogP contribution in [0, 0.1) is 20.8 Å². The molecule has 0 saturated carbocycles. The summed E-state index contributed by atoms with van der Waals surface area (Å²) in [6.07, 6.45) is 1.84. The Bertz CT molecular complexity index is 1200. The van der Waals surface area contributed by atoms with Gasteiger partial charge < -0.3 is 14.4 Å². The zero-order valence-electron chi connectivity index (χ0n) is 16.7. The smallest absolute Gasteiger partial charge is 0.277 e. The van der Waals surface area contributed by atoms with Gasteiger partial charge in [0.25, 0.3) is 5.91 Å². The number of carbonyl (C=O) groups excluding carboxylic acids is 1. The average Bonchev–Trinajstić information content (AvgIpc) is 3.33. The number of carbonyl (C=O) groups is 1. The van der Waals surface area contributed by atoms with Crippen LogP contribution in [-0.2, 0) is 13.6 Å². The lowest BCUT2D eigenvalue weighted by Gasteiger charge is -2.06. The highest BCUT2D eigenvalue weighted by molar-refractivity contribution is 6.04. The SMILES string of the molecule is CCn1c(C)c(C)c2cc(NC(=O)c3cc(-c4cn(C)nc4C)on3)ccc21. The van der Waals surface area contributed by atoms with Crippen LogP contribution in [0.1, 0.15) is 34.4 Å². The molecule has 0 bridgehead atoms. The Morgan fingerprint density at radius 1 is 1.21 bits per heavy atom. The molecule has 0 radical (unpaired) electrons. The number of rotatable bonds is 4. The molecule has 0 fully saturated rings. The molecule has 1 aromatic carbocycles. The standard InChI is InChI=1S/C21H23N5O2/c1-6-26-14(4)12(2)16-9-15(7-8-19(16)26)22-21(27)18-10-20(28-24-18)17-11-25(5)23-13(17)3/h7-11H,6H2,1-5H3,(H,22,27). The van der Waals surface area contributed by atoms with Gasteiger partial charge in [-0.2, -0.15) is 5.10 Å². The van der Waals surface area contributed by atoms with Crippen molar-refractivity contribution in [3.8, 4) is 11.3 Å². The highest BCUT2D eigenvalue weighted by Gasteiger charge is 2.17. The number of aromatic nitrogens is 4. The van der Waals surface area contributed by atoms with E-state index in [1.807, 2.05) is 38.4 Å². The summed E-state index contributed by atoms with van der Waals surface area (Å²) in [7, 11) is 1.84. The van der Waals surface area contributed by atoms with Gasteiger partial charge in [-0.25, -0.2) is 0 Å². The molecule has 0 aliphatic carbocycles. The third kappa shape index (κ3) is 2.89. The van der Waals surface area contributed by atoms with Gasteiger partial charge in [-0.1, -0.05) is 5.16 Å². The van der Waals surface area contributed by atoms with Crippen molar-refractivity contribution in [2.45, 2.75) is 34.2 Å². The van der Waals surface area contributed by atoms with Gasteiger partial charge in [0.15, 0.2) is 11.5 Å². The van der Waals surface area contributed by atoms with Gasteiger partial charge in [0.2, 0.25) is 0 Å². The molecule has 0 unspecified atom stereocenters. The number of anilines is 1. The molecule has 0 aliphatic rings. The van der Waals surface area contributed by atoms with Gasteiger partial charge in [-0.05, 0) is 51.5 Å². The Balaban J connectivity index is 1.60. The minimum atomic E-state index is -0.305. The van der Waals surface area contributed by atoms with E-state index < -0.39 is 0 Å². The van der Waals surface area contributed by atoms with Gasteiger partial charge in [0, 0.05) is 48.1 Å². The van der Waals surface area contributed by atoms with Gasteiger partial charge in [0.1, 0.15) is 0 Å². The maximum absolute atomic E-state index is 12.6. The molecule has 3 heterocycles. The summed E-state index contributed by atoms with van der Waals surface area (Å²) in [6.45, 7) is 9.16. The molecule has 144 valence electrons. The normalized spacial score (nSPS) is 11.3. The lowest BCUT2D eigenvalue weighted by Crippen LogP contribution is -2.12. The number of nitrogens with one attached hydrogen (secondary N) is 1. The molecule has 4 rings (SSSR count). The van der Waals surface area contributed by atoms with Crippen LogP contribution in [0.15, 0.2) is 35.0 Å². The van der Waals surface area contributed by atoms with E-state index in [1.165, 1.54) is 16.8 Å². The highest BCUT2D eigenvalue weighted by atomic mass is 16.5. The van der Waals surface area contributed by atoms with Crippen molar-refractivity contribution in [3.63, 3.8) is 0 Å². The van der Waals surface area contributed by atoms with Crippen LogP contribution >= 0.6 is 0 Å². The predicted octanol–water partition coefficient (Wildman–Crippen LogP) is 4.23. The first-order valence-corrected chi connectivity index (χ1v) is 9.27. The molecule has 28 heavy (non-hydrogen) atoms. The third-order valence-corrected chi connectivity index (χ3v) is 5.23. The summed E-state index contributed by atoms with van der Waals surface area (Å²) in [6, 6.07) is 7.61. The van der Waals surface area contributed by atoms with E-state index in [1.54, 1.807) is 10.7 Å². The van der Waals surface area contributed by atoms with Crippen molar-refractivity contribution in [3.05, 3.63) is 53.1 Å². The predicted molar refractivity (Wildman–Crippen MR) is 108 cm³/mol. The molecule has 3 aromatic heterocycles. The molecular weight excluding hydrogens is 354 g/mol. The molecule has 7 nitrogen and oxygen atoms in total. The third-order valence-electron chi connectivity index (χ3n) is 5.23. The first-order chi connectivity index (χ1) is 13.4. The lowest BCUT2D eigenvalue weighted by molar-refractivity contribution is 0.101. The van der Waals surface area contributed by atoms with E-state index in [4.69, 9.17) is 4.52 Å². The van der Waals surface area contributed by atoms with Crippen LogP contribution in [0.3, 0.4) is 0 Å². The highest BCUT2D eigenvalue weighted by Crippen LogP contribution is 2.28. The number of fused-ring (bicyclic) bond motifs is 1. The molecule has 4 aromatic rings. The maximum atomic E-state index is 12.6. The molecule has 0 spiro atoms. The first-order valence-electron chi connectivity index (χ1n) is 9.27. The summed E-state index contributed by atoms with van der Waals surface area (Å²) >= 11 is 0. The summed E-state index contributed by atoms with van der Waals surface area (Å²) < 4.78 is 9.34. The van der Waals surface area contributed by atoms with Crippen molar-refractivity contribution < 1.29 is 9.32 Å². The molecule has 0 saturated heterocycles. The van der Waals surface area contributed by atoms with Gasteiger partial charge in [0.05, 0.1) is 11.3 Å². The molecule has 0 atom stereocenters. The zero-order chi connectivity index (χ0) is 20.0. The average molecular weight is 377 g/mol. The topological polar surface area (TPSA) is 77.9 Å². The lowest BCUT2D eigenvalue weighted by atomic mass is 10.1. The second kappa shape index (κ2) is 6.67. The quantitative estimate of drug-likeness (QED) is 0.577. The van der Waals surface area contributed by atoms with Gasteiger partial charge in [-0.3, -0.25) is 9.48 Å². The van der Waals surface area contributed by atoms with Crippen LogP contribution in [0.2, 0.25) is 0 Å². The molecule has 1 N–H and O–H groups in total.